The number of aryl methyl sites for hydroxylation is 1. The fourth-order valence-corrected chi connectivity index (χ4v) is 2.74. The molecule has 2 heterocycles. The van der Waals surface area contributed by atoms with E-state index in [4.69, 9.17) is 10.5 Å². The van der Waals surface area contributed by atoms with E-state index in [-0.39, 0.29) is 54.2 Å². The average Bonchev–Trinajstić information content (AvgIpc) is 2.95. The van der Waals surface area contributed by atoms with Crippen LogP contribution in [0.1, 0.15) is 31.0 Å². The maximum atomic E-state index is 12.9. The summed E-state index contributed by atoms with van der Waals surface area (Å²) in [5.41, 5.74) is 4.79. The van der Waals surface area contributed by atoms with Gasteiger partial charge in [0.05, 0.1) is 13.2 Å². The zero-order valence-corrected chi connectivity index (χ0v) is 17.5. The number of alkyl halides is 3. The number of amides is 1. The highest BCUT2D eigenvalue weighted by atomic mass is 127. The first-order chi connectivity index (χ1) is 12.2. The van der Waals surface area contributed by atoms with Crippen LogP contribution >= 0.6 is 24.0 Å². The van der Waals surface area contributed by atoms with Gasteiger partial charge in [-0.3, -0.25) is 4.68 Å². The molecular formula is C15H24F3IN6O2. The van der Waals surface area contributed by atoms with Crippen molar-refractivity contribution in [2.75, 3.05) is 19.7 Å². The molecule has 1 amide bonds. The molecular weight excluding hydrogens is 480 g/mol. The van der Waals surface area contributed by atoms with Crippen LogP contribution in [-0.4, -0.2) is 52.5 Å². The molecule has 0 unspecified atom stereocenters. The molecule has 2 rings (SSSR count). The Bertz CT molecular complexity index is 656. The number of carbonyl (C=O) groups is 1. The smallest absolute Gasteiger partial charge is 0.435 e. The Morgan fingerprint density at radius 2 is 2.07 bits per heavy atom. The molecule has 1 aromatic rings. The van der Waals surface area contributed by atoms with Gasteiger partial charge in [0, 0.05) is 37.9 Å². The normalized spacial score (nSPS) is 16.0. The van der Waals surface area contributed by atoms with Crippen molar-refractivity contribution < 1.29 is 22.7 Å². The second-order valence-corrected chi connectivity index (χ2v) is 5.98. The van der Waals surface area contributed by atoms with Crippen molar-refractivity contribution in [3.8, 4) is 0 Å². The number of halogens is 4. The number of aliphatic imine (C=N–C) groups is 1. The van der Waals surface area contributed by atoms with Gasteiger partial charge in [0.2, 0.25) is 0 Å². The van der Waals surface area contributed by atoms with Crippen molar-refractivity contribution in [3.63, 3.8) is 0 Å². The number of guanidine groups is 1. The molecule has 1 aliphatic heterocycles. The van der Waals surface area contributed by atoms with Gasteiger partial charge < -0.3 is 20.7 Å². The Labute approximate surface area is 172 Å². The molecule has 3 N–H and O–H groups in total. The number of hydrogen-bond donors (Lipinski definition) is 2. The molecule has 0 radical (unpaired) electrons. The van der Waals surface area contributed by atoms with Crippen LogP contribution in [0.5, 0.6) is 0 Å². The molecule has 27 heavy (non-hydrogen) atoms. The number of rotatable bonds is 4. The summed E-state index contributed by atoms with van der Waals surface area (Å²) in [7, 11) is 1.42. The minimum atomic E-state index is -4.53. The van der Waals surface area contributed by atoms with Crippen molar-refractivity contribution in [2.45, 2.75) is 38.5 Å². The first-order valence-corrected chi connectivity index (χ1v) is 8.28. The minimum absolute atomic E-state index is 0. The lowest BCUT2D eigenvalue weighted by atomic mass is 10.1. The molecule has 12 heteroatoms. The van der Waals surface area contributed by atoms with E-state index >= 15 is 0 Å². The van der Waals surface area contributed by atoms with Crippen molar-refractivity contribution in [1.82, 2.24) is 20.0 Å². The van der Waals surface area contributed by atoms with Crippen LogP contribution in [0.25, 0.3) is 0 Å². The molecule has 1 aliphatic rings. The van der Waals surface area contributed by atoms with Gasteiger partial charge in [0.1, 0.15) is 0 Å². The van der Waals surface area contributed by atoms with E-state index in [2.05, 4.69) is 15.4 Å². The second-order valence-electron chi connectivity index (χ2n) is 5.98. The van der Waals surface area contributed by atoms with E-state index in [1.165, 1.54) is 13.2 Å². The van der Waals surface area contributed by atoms with Crippen molar-refractivity contribution in [2.24, 2.45) is 17.8 Å². The van der Waals surface area contributed by atoms with Crippen molar-refractivity contribution in [1.29, 1.82) is 0 Å². The van der Waals surface area contributed by atoms with E-state index < -0.39 is 11.9 Å². The third-order valence-electron chi connectivity index (χ3n) is 3.97. The molecule has 0 saturated carbocycles. The number of ether oxygens (including phenoxy) is 1. The van der Waals surface area contributed by atoms with Gasteiger partial charge >= 0.3 is 12.3 Å². The number of likely N-dealkylation sites (tertiary alicyclic amines) is 1. The third kappa shape index (κ3) is 6.74. The molecule has 1 aromatic heterocycles. The summed E-state index contributed by atoms with van der Waals surface area (Å²) in [5.74, 6) is 0.0663. The molecule has 0 aromatic carbocycles. The molecule has 0 aliphatic carbocycles. The predicted octanol–water partition coefficient (Wildman–Crippen LogP) is 2.08. The molecule has 8 nitrogen and oxygen atoms in total. The summed E-state index contributed by atoms with van der Waals surface area (Å²) in [5, 5.41) is 6.41. The molecule has 0 spiro atoms. The maximum absolute atomic E-state index is 12.9. The summed E-state index contributed by atoms with van der Waals surface area (Å²) in [6, 6.07) is 0.000381. The Morgan fingerprint density at radius 1 is 1.44 bits per heavy atom. The Kier molecular flexibility index (Phi) is 8.62. The van der Waals surface area contributed by atoms with Gasteiger partial charge in [-0.15, -0.1) is 24.0 Å². The summed E-state index contributed by atoms with van der Waals surface area (Å²) in [4.78, 5) is 17.2. The maximum Gasteiger partial charge on any atom is 0.435 e. The van der Waals surface area contributed by atoms with Crippen LogP contribution in [-0.2, 0) is 24.5 Å². The highest BCUT2D eigenvalue weighted by molar-refractivity contribution is 14.0. The van der Waals surface area contributed by atoms with Crippen LogP contribution in [0.4, 0.5) is 18.0 Å². The molecule has 0 atom stereocenters. The van der Waals surface area contributed by atoms with E-state index in [1.54, 1.807) is 11.8 Å². The van der Waals surface area contributed by atoms with Crippen LogP contribution < -0.4 is 11.1 Å². The zero-order chi connectivity index (χ0) is 19.3. The van der Waals surface area contributed by atoms with E-state index in [0.29, 0.717) is 32.5 Å². The van der Waals surface area contributed by atoms with Crippen molar-refractivity contribution in [3.05, 3.63) is 17.5 Å². The van der Waals surface area contributed by atoms with Crippen LogP contribution in [0.15, 0.2) is 11.2 Å². The molecule has 1 fully saturated rings. The molecule has 0 bridgehead atoms. The van der Waals surface area contributed by atoms with E-state index in [0.717, 1.165) is 4.68 Å². The van der Waals surface area contributed by atoms with E-state index in [9.17, 15) is 18.0 Å². The lowest BCUT2D eigenvalue weighted by molar-refractivity contribution is -0.142. The summed E-state index contributed by atoms with van der Waals surface area (Å²) in [6.45, 7) is 2.89. The fourth-order valence-electron chi connectivity index (χ4n) is 2.74. The standard InChI is InChI=1S/C15H23F3N6O2.HI/c1-3-26-14(25)24-6-4-11(5-7-24)21-13(19)20-8-10-9-23(2)22-12(10)15(16,17)18;/h9,11H,3-8H2,1-2H3,(H3,19,20,21);1H. The van der Waals surface area contributed by atoms with Gasteiger partial charge in [-0.05, 0) is 19.8 Å². The summed E-state index contributed by atoms with van der Waals surface area (Å²) < 4.78 is 44.8. The van der Waals surface area contributed by atoms with Gasteiger partial charge in [-0.1, -0.05) is 0 Å². The first kappa shape index (κ1) is 23.3. The molecule has 1 saturated heterocycles. The van der Waals surface area contributed by atoms with E-state index in [1.807, 2.05) is 0 Å². The van der Waals surface area contributed by atoms with Crippen LogP contribution in [0, 0.1) is 0 Å². The Hall–Kier alpha value is -1.73. The van der Waals surface area contributed by atoms with Crippen molar-refractivity contribution >= 4 is 36.0 Å². The molecule has 154 valence electrons. The minimum Gasteiger partial charge on any atom is -0.450 e. The fraction of sp³-hybridized carbons (Fsp3) is 0.667. The number of carbonyl (C=O) groups excluding carboxylic acids is 1. The van der Waals surface area contributed by atoms with Gasteiger partial charge in [-0.2, -0.15) is 18.3 Å². The number of nitrogens with two attached hydrogens (primary N) is 1. The van der Waals surface area contributed by atoms with Gasteiger partial charge in [-0.25, -0.2) is 9.79 Å². The predicted molar refractivity (Wildman–Crippen MR) is 104 cm³/mol. The highest BCUT2D eigenvalue weighted by Crippen LogP contribution is 2.30. The lowest BCUT2D eigenvalue weighted by Gasteiger charge is -2.31. The summed E-state index contributed by atoms with van der Waals surface area (Å²) in [6.07, 6.45) is -2.30. The van der Waals surface area contributed by atoms with Crippen LogP contribution in [0.3, 0.4) is 0 Å². The number of nitrogens with one attached hydrogen (secondary N) is 1. The monoisotopic (exact) mass is 504 g/mol. The Balaban J connectivity index is 0.00000364. The van der Waals surface area contributed by atoms with Gasteiger partial charge in [0.15, 0.2) is 11.7 Å². The number of aromatic nitrogens is 2. The first-order valence-electron chi connectivity index (χ1n) is 8.28. The second kappa shape index (κ2) is 9.99. The lowest BCUT2D eigenvalue weighted by Crippen LogP contribution is -2.48. The SMILES string of the molecule is CCOC(=O)N1CCC(NC(N)=NCc2cn(C)nc2C(F)(F)F)CC1.I. The highest BCUT2D eigenvalue weighted by Gasteiger charge is 2.36. The topological polar surface area (TPSA) is 97.8 Å². The number of nitrogens with zero attached hydrogens (tertiary/aromatic N) is 4. The third-order valence-corrected chi connectivity index (χ3v) is 3.97. The summed E-state index contributed by atoms with van der Waals surface area (Å²) >= 11 is 0. The Morgan fingerprint density at radius 3 is 2.63 bits per heavy atom. The average molecular weight is 504 g/mol. The van der Waals surface area contributed by atoms with Gasteiger partial charge in [0.25, 0.3) is 0 Å². The van der Waals surface area contributed by atoms with Crippen LogP contribution in [0.2, 0.25) is 0 Å². The number of hydrogen-bond acceptors (Lipinski definition) is 4. The quantitative estimate of drug-likeness (QED) is 0.372. The number of piperidine rings is 1. The largest absolute Gasteiger partial charge is 0.450 e. The zero-order valence-electron chi connectivity index (χ0n) is 15.1.